The number of benzene rings is 1. The molecule has 0 aliphatic rings. The molecule has 0 aliphatic heterocycles. The third-order valence-corrected chi connectivity index (χ3v) is 4.45. The van der Waals surface area contributed by atoms with Crippen molar-refractivity contribution in [2.45, 2.75) is 6.54 Å². The molecule has 1 aromatic carbocycles. The third-order valence-electron chi connectivity index (χ3n) is 3.72. The lowest BCUT2D eigenvalue weighted by Gasteiger charge is -2.23. The molecule has 0 unspecified atom stereocenters. The number of hydrogen-bond donors (Lipinski definition) is 1. The number of urea groups is 1. The molecule has 142 valence electrons. The van der Waals surface area contributed by atoms with Gasteiger partial charge in [0, 0.05) is 32.3 Å². The standard InChI is InChI=1S/C18H24N2O5S/c1-22-7-6-20(11-13-5-8-26-12-13)18(21)19-14-9-15(23-2)17(25-4)16(10-14)24-3/h5,8-10,12H,6-7,11H2,1-4H3,(H,19,21). The monoisotopic (exact) mass is 380 g/mol. The molecule has 1 N–H and O–H groups in total. The SMILES string of the molecule is COCCN(Cc1ccsc1)C(=O)Nc1cc(OC)c(OC)c(OC)c1. The van der Waals surface area contributed by atoms with E-state index in [0.29, 0.717) is 42.6 Å². The average Bonchev–Trinajstić information content (AvgIpc) is 3.17. The van der Waals surface area contributed by atoms with Crippen LogP contribution in [-0.4, -0.2) is 52.5 Å². The van der Waals surface area contributed by atoms with Crippen LogP contribution in [0, 0.1) is 0 Å². The van der Waals surface area contributed by atoms with Gasteiger partial charge in [0.15, 0.2) is 11.5 Å². The summed E-state index contributed by atoms with van der Waals surface area (Å²) in [5.41, 5.74) is 1.63. The summed E-state index contributed by atoms with van der Waals surface area (Å²) in [7, 11) is 6.21. The predicted molar refractivity (Wildman–Crippen MR) is 102 cm³/mol. The van der Waals surface area contributed by atoms with E-state index in [1.54, 1.807) is 35.5 Å². The van der Waals surface area contributed by atoms with Crippen molar-refractivity contribution >= 4 is 23.1 Å². The first-order valence-electron chi connectivity index (χ1n) is 7.98. The second-order valence-corrected chi connectivity index (χ2v) is 6.17. The molecule has 0 radical (unpaired) electrons. The lowest BCUT2D eigenvalue weighted by atomic mass is 10.2. The number of nitrogens with zero attached hydrogens (tertiary/aromatic N) is 1. The van der Waals surface area contributed by atoms with Gasteiger partial charge in [0.1, 0.15) is 0 Å². The number of carbonyl (C=O) groups is 1. The summed E-state index contributed by atoms with van der Waals surface area (Å²) >= 11 is 1.60. The molecule has 0 saturated carbocycles. The zero-order valence-electron chi connectivity index (χ0n) is 15.4. The molecular formula is C18H24N2O5S. The van der Waals surface area contributed by atoms with E-state index in [4.69, 9.17) is 18.9 Å². The highest BCUT2D eigenvalue weighted by Crippen LogP contribution is 2.40. The highest BCUT2D eigenvalue weighted by molar-refractivity contribution is 7.07. The highest BCUT2D eigenvalue weighted by Gasteiger charge is 2.18. The molecule has 0 bridgehead atoms. The molecule has 1 aromatic heterocycles. The Balaban J connectivity index is 2.19. The van der Waals surface area contributed by atoms with Gasteiger partial charge in [-0.15, -0.1) is 0 Å². The Labute approximate surface area is 157 Å². The fourth-order valence-corrected chi connectivity index (χ4v) is 3.07. The van der Waals surface area contributed by atoms with Crippen LogP contribution in [0.2, 0.25) is 0 Å². The maximum absolute atomic E-state index is 12.7. The van der Waals surface area contributed by atoms with E-state index in [1.165, 1.54) is 21.3 Å². The van der Waals surface area contributed by atoms with Crippen molar-refractivity contribution in [2.75, 3.05) is 46.9 Å². The van der Waals surface area contributed by atoms with Crippen LogP contribution in [0.15, 0.2) is 29.0 Å². The van der Waals surface area contributed by atoms with Gasteiger partial charge in [-0.05, 0) is 22.4 Å². The minimum absolute atomic E-state index is 0.234. The van der Waals surface area contributed by atoms with Crippen molar-refractivity contribution in [3.8, 4) is 17.2 Å². The molecule has 0 aliphatic carbocycles. The number of carbonyl (C=O) groups excluding carboxylic acids is 1. The van der Waals surface area contributed by atoms with Crippen LogP contribution in [0.3, 0.4) is 0 Å². The van der Waals surface area contributed by atoms with Crippen molar-refractivity contribution in [3.63, 3.8) is 0 Å². The summed E-state index contributed by atoms with van der Waals surface area (Å²) in [5.74, 6) is 1.43. The second-order valence-electron chi connectivity index (χ2n) is 5.39. The van der Waals surface area contributed by atoms with Crippen LogP contribution < -0.4 is 19.5 Å². The molecular weight excluding hydrogens is 356 g/mol. The number of rotatable bonds is 9. The highest BCUT2D eigenvalue weighted by atomic mass is 32.1. The summed E-state index contributed by atoms with van der Waals surface area (Å²) < 4.78 is 21.1. The quantitative estimate of drug-likeness (QED) is 0.722. The Kier molecular flexibility index (Phi) is 7.55. The average molecular weight is 380 g/mol. The number of hydrogen-bond acceptors (Lipinski definition) is 6. The van der Waals surface area contributed by atoms with Crippen LogP contribution in [0.25, 0.3) is 0 Å². The summed E-state index contributed by atoms with van der Waals surface area (Å²) in [6, 6.07) is 5.15. The van der Waals surface area contributed by atoms with E-state index in [0.717, 1.165) is 5.56 Å². The van der Waals surface area contributed by atoms with Gasteiger partial charge in [0.25, 0.3) is 0 Å². The topological polar surface area (TPSA) is 69.3 Å². The summed E-state index contributed by atoms with van der Waals surface area (Å²) in [6.07, 6.45) is 0. The van der Waals surface area contributed by atoms with Gasteiger partial charge in [-0.25, -0.2) is 4.79 Å². The normalized spacial score (nSPS) is 10.3. The van der Waals surface area contributed by atoms with E-state index in [2.05, 4.69) is 5.32 Å². The Morgan fingerprint density at radius 3 is 2.31 bits per heavy atom. The molecule has 0 fully saturated rings. The Morgan fingerprint density at radius 1 is 1.12 bits per heavy atom. The number of methoxy groups -OCH3 is 4. The van der Waals surface area contributed by atoms with E-state index in [9.17, 15) is 4.79 Å². The van der Waals surface area contributed by atoms with Crippen LogP contribution in [0.1, 0.15) is 5.56 Å². The van der Waals surface area contributed by atoms with E-state index < -0.39 is 0 Å². The second kappa shape index (κ2) is 9.88. The minimum Gasteiger partial charge on any atom is -0.493 e. The summed E-state index contributed by atoms with van der Waals surface area (Å²) in [6.45, 7) is 1.43. The lowest BCUT2D eigenvalue weighted by molar-refractivity contribution is 0.153. The van der Waals surface area contributed by atoms with Crippen LogP contribution >= 0.6 is 11.3 Å². The molecule has 8 heteroatoms. The van der Waals surface area contributed by atoms with Gasteiger partial charge in [-0.2, -0.15) is 11.3 Å². The lowest BCUT2D eigenvalue weighted by Crippen LogP contribution is -2.36. The fraction of sp³-hybridized carbons (Fsp3) is 0.389. The van der Waals surface area contributed by atoms with Crippen LogP contribution in [0.4, 0.5) is 10.5 Å². The van der Waals surface area contributed by atoms with E-state index in [-0.39, 0.29) is 6.03 Å². The zero-order valence-corrected chi connectivity index (χ0v) is 16.2. The molecule has 26 heavy (non-hydrogen) atoms. The molecule has 0 atom stereocenters. The van der Waals surface area contributed by atoms with Gasteiger partial charge in [-0.1, -0.05) is 0 Å². The van der Waals surface area contributed by atoms with Crippen LogP contribution in [0.5, 0.6) is 17.2 Å². The first-order valence-corrected chi connectivity index (χ1v) is 8.93. The Bertz CT molecular complexity index is 681. The smallest absolute Gasteiger partial charge is 0.322 e. The zero-order chi connectivity index (χ0) is 18.9. The van der Waals surface area contributed by atoms with Crippen molar-refractivity contribution in [1.82, 2.24) is 4.90 Å². The van der Waals surface area contributed by atoms with Gasteiger partial charge in [0.05, 0.1) is 33.6 Å². The molecule has 0 saturated heterocycles. The summed E-state index contributed by atoms with van der Waals surface area (Å²) in [5, 5.41) is 6.89. The maximum Gasteiger partial charge on any atom is 0.322 e. The number of thiophene rings is 1. The molecule has 2 aromatic rings. The Morgan fingerprint density at radius 2 is 1.81 bits per heavy atom. The van der Waals surface area contributed by atoms with Gasteiger partial charge < -0.3 is 29.2 Å². The van der Waals surface area contributed by atoms with Gasteiger partial charge in [0.2, 0.25) is 5.75 Å². The van der Waals surface area contributed by atoms with Crippen molar-refractivity contribution in [1.29, 1.82) is 0 Å². The molecule has 2 amide bonds. The van der Waals surface area contributed by atoms with Gasteiger partial charge in [-0.3, -0.25) is 0 Å². The van der Waals surface area contributed by atoms with Crippen molar-refractivity contribution < 1.29 is 23.7 Å². The summed E-state index contributed by atoms with van der Waals surface area (Å²) in [4.78, 5) is 14.4. The molecule has 2 rings (SSSR count). The largest absolute Gasteiger partial charge is 0.493 e. The van der Waals surface area contributed by atoms with Crippen molar-refractivity contribution in [2.24, 2.45) is 0 Å². The first-order chi connectivity index (χ1) is 12.6. The number of ether oxygens (including phenoxy) is 4. The van der Waals surface area contributed by atoms with Crippen molar-refractivity contribution in [3.05, 3.63) is 34.5 Å². The van der Waals surface area contributed by atoms with E-state index >= 15 is 0 Å². The first kappa shape index (κ1) is 19.9. The Hall–Kier alpha value is -2.45. The number of anilines is 1. The minimum atomic E-state index is -0.234. The molecule has 1 heterocycles. The van der Waals surface area contributed by atoms with Gasteiger partial charge >= 0.3 is 6.03 Å². The predicted octanol–water partition coefficient (Wildman–Crippen LogP) is 3.45. The number of amides is 2. The number of nitrogens with one attached hydrogen (secondary N) is 1. The molecule has 0 spiro atoms. The molecule has 7 nitrogen and oxygen atoms in total. The third kappa shape index (κ3) is 5.03. The maximum atomic E-state index is 12.7. The fourth-order valence-electron chi connectivity index (χ4n) is 2.41. The van der Waals surface area contributed by atoms with E-state index in [1.807, 2.05) is 16.8 Å². The van der Waals surface area contributed by atoms with Crippen LogP contribution in [-0.2, 0) is 11.3 Å².